The third-order valence-corrected chi connectivity index (χ3v) is 2.82. The molecule has 0 radical (unpaired) electrons. The minimum absolute atomic E-state index is 0.0539. The van der Waals surface area contributed by atoms with Gasteiger partial charge in [0.25, 0.3) is 5.91 Å². The van der Waals surface area contributed by atoms with Gasteiger partial charge in [-0.15, -0.1) is 0 Å². The number of rotatable bonds is 4. The van der Waals surface area contributed by atoms with Crippen LogP contribution in [0.3, 0.4) is 0 Å². The molecule has 0 aromatic heterocycles. The van der Waals surface area contributed by atoms with Gasteiger partial charge in [-0.1, -0.05) is 0 Å². The first-order valence-electron chi connectivity index (χ1n) is 4.70. The summed E-state index contributed by atoms with van der Waals surface area (Å²) in [5.74, 6) is 0.807. The zero-order chi connectivity index (χ0) is 10.7. The molecule has 1 rings (SSSR count). The average Bonchev–Trinajstić information content (AvgIpc) is 2.38. The molecule has 1 heterocycles. The van der Waals surface area contributed by atoms with Crippen molar-refractivity contribution in [3.8, 4) is 0 Å². The van der Waals surface area contributed by atoms with Crippen LogP contribution in [-0.4, -0.2) is 40.9 Å². The lowest BCUT2D eigenvalue weighted by Crippen LogP contribution is -2.37. The van der Waals surface area contributed by atoms with Gasteiger partial charge in [0.1, 0.15) is 6.04 Å². The van der Waals surface area contributed by atoms with Crippen molar-refractivity contribution in [2.75, 3.05) is 12.0 Å². The molecule has 1 fully saturated rings. The van der Waals surface area contributed by atoms with E-state index in [1.807, 2.05) is 20.1 Å². The number of hydrogen-bond acceptors (Lipinski definition) is 3. The molecule has 1 aliphatic rings. The van der Waals surface area contributed by atoms with E-state index in [9.17, 15) is 9.59 Å². The van der Waals surface area contributed by atoms with Crippen LogP contribution in [0.4, 0.5) is 4.79 Å². The number of amides is 3. The van der Waals surface area contributed by atoms with Gasteiger partial charge in [-0.2, -0.15) is 11.8 Å². The van der Waals surface area contributed by atoms with E-state index in [1.54, 1.807) is 11.8 Å². The quantitative estimate of drug-likeness (QED) is 0.715. The topological polar surface area (TPSA) is 49.4 Å². The van der Waals surface area contributed by atoms with Crippen LogP contribution in [-0.2, 0) is 4.79 Å². The monoisotopic (exact) mass is 216 g/mol. The van der Waals surface area contributed by atoms with Gasteiger partial charge in [0.15, 0.2) is 0 Å². The largest absolute Gasteiger partial charge is 0.326 e. The molecular weight excluding hydrogens is 200 g/mol. The fourth-order valence-corrected chi connectivity index (χ4v) is 1.94. The van der Waals surface area contributed by atoms with E-state index in [0.29, 0.717) is 0 Å². The molecular formula is C9H16N2O2S. The van der Waals surface area contributed by atoms with Crippen LogP contribution < -0.4 is 5.32 Å². The van der Waals surface area contributed by atoms with Gasteiger partial charge in [0, 0.05) is 6.04 Å². The van der Waals surface area contributed by atoms with Gasteiger partial charge in [-0.25, -0.2) is 4.79 Å². The first kappa shape index (κ1) is 11.4. The number of carbonyl (C=O) groups excluding carboxylic acids is 2. The molecule has 0 spiro atoms. The number of carbonyl (C=O) groups is 2. The zero-order valence-electron chi connectivity index (χ0n) is 8.74. The molecule has 5 heteroatoms. The van der Waals surface area contributed by atoms with Crippen molar-refractivity contribution < 1.29 is 9.59 Å². The SMILES string of the molecule is CSCC[C@@H]1NC(=O)N(C(C)C)C1=O. The normalized spacial score (nSPS) is 22.0. The summed E-state index contributed by atoms with van der Waals surface area (Å²) in [7, 11) is 0. The van der Waals surface area contributed by atoms with Crippen LogP contribution in [0.15, 0.2) is 0 Å². The molecule has 1 atom stereocenters. The maximum Gasteiger partial charge on any atom is 0.325 e. The summed E-state index contributed by atoms with van der Waals surface area (Å²) in [6, 6.07) is -0.616. The van der Waals surface area contributed by atoms with Gasteiger partial charge in [0.2, 0.25) is 0 Å². The minimum atomic E-state index is -0.308. The number of urea groups is 1. The van der Waals surface area contributed by atoms with Crippen LogP contribution in [0.25, 0.3) is 0 Å². The summed E-state index contributed by atoms with van der Waals surface area (Å²) in [6.07, 6.45) is 2.70. The van der Waals surface area contributed by atoms with Crippen molar-refractivity contribution in [2.45, 2.75) is 32.4 Å². The van der Waals surface area contributed by atoms with E-state index in [1.165, 1.54) is 4.90 Å². The number of thioether (sulfide) groups is 1. The van der Waals surface area contributed by atoms with E-state index < -0.39 is 0 Å². The van der Waals surface area contributed by atoms with E-state index in [4.69, 9.17) is 0 Å². The lowest BCUT2D eigenvalue weighted by molar-refractivity contribution is -0.128. The second-order valence-electron chi connectivity index (χ2n) is 3.59. The van der Waals surface area contributed by atoms with Crippen molar-refractivity contribution in [2.24, 2.45) is 0 Å². The Morgan fingerprint density at radius 1 is 1.50 bits per heavy atom. The Hall–Kier alpha value is -0.710. The lowest BCUT2D eigenvalue weighted by Gasteiger charge is -2.16. The predicted molar refractivity (Wildman–Crippen MR) is 57.3 cm³/mol. The average molecular weight is 216 g/mol. The minimum Gasteiger partial charge on any atom is -0.326 e. The molecule has 80 valence electrons. The van der Waals surface area contributed by atoms with Crippen LogP contribution in [0, 0.1) is 0 Å². The van der Waals surface area contributed by atoms with Gasteiger partial charge < -0.3 is 5.32 Å². The van der Waals surface area contributed by atoms with Crippen LogP contribution in [0.1, 0.15) is 20.3 Å². The molecule has 1 N–H and O–H groups in total. The second-order valence-corrected chi connectivity index (χ2v) is 4.57. The third kappa shape index (κ3) is 2.20. The Morgan fingerprint density at radius 3 is 2.57 bits per heavy atom. The highest BCUT2D eigenvalue weighted by atomic mass is 32.2. The molecule has 0 bridgehead atoms. The van der Waals surface area contributed by atoms with E-state index in [-0.39, 0.29) is 24.0 Å². The van der Waals surface area contributed by atoms with Crippen molar-refractivity contribution in [1.29, 1.82) is 0 Å². The molecule has 0 aromatic carbocycles. The van der Waals surface area contributed by atoms with Gasteiger partial charge in [-0.3, -0.25) is 9.69 Å². The summed E-state index contributed by atoms with van der Waals surface area (Å²) < 4.78 is 0. The summed E-state index contributed by atoms with van der Waals surface area (Å²) in [6.45, 7) is 3.68. The Labute approximate surface area is 88.4 Å². The Morgan fingerprint density at radius 2 is 2.14 bits per heavy atom. The van der Waals surface area contributed by atoms with E-state index in [0.717, 1.165) is 12.2 Å². The number of nitrogens with zero attached hydrogens (tertiary/aromatic N) is 1. The highest BCUT2D eigenvalue weighted by molar-refractivity contribution is 7.98. The third-order valence-electron chi connectivity index (χ3n) is 2.18. The lowest BCUT2D eigenvalue weighted by atomic mass is 10.2. The second kappa shape index (κ2) is 4.68. The molecule has 0 aliphatic carbocycles. The standard InChI is InChI=1S/C9H16N2O2S/c1-6(2)11-8(12)7(4-5-14-3)10-9(11)13/h6-7H,4-5H2,1-3H3,(H,10,13)/t7-/m0/s1. The van der Waals surface area contributed by atoms with Gasteiger partial charge in [-0.05, 0) is 32.3 Å². The van der Waals surface area contributed by atoms with Gasteiger partial charge in [0.05, 0.1) is 0 Å². The first-order valence-corrected chi connectivity index (χ1v) is 6.09. The van der Waals surface area contributed by atoms with Crippen molar-refractivity contribution >= 4 is 23.7 Å². The fraction of sp³-hybridized carbons (Fsp3) is 0.778. The molecule has 14 heavy (non-hydrogen) atoms. The summed E-state index contributed by atoms with van der Waals surface area (Å²) in [4.78, 5) is 24.4. The van der Waals surface area contributed by atoms with Crippen molar-refractivity contribution in [3.05, 3.63) is 0 Å². The molecule has 1 saturated heterocycles. The number of nitrogens with one attached hydrogen (secondary N) is 1. The highest BCUT2D eigenvalue weighted by Gasteiger charge is 2.38. The fourth-order valence-electron chi connectivity index (χ4n) is 1.47. The highest BCUT2D eigenvalue weighted by Crippen LogP contribution is 2.14. The summed E-state index contributed by atoms with van der Waals surface area (Å²) in [5.41, 5.74) is 0. The zero-order valence-corrected chi connectivity index (χ0v) is 9.56. The van der Waals surface area contributed by atoms with Crippen LogP contribution in [0.5, 0.6) is 0 Å². The maximum absolute atomic E-state index is 11.7. The van der Waals surface area contributed by atoms with Crippen molar-refractivity contribution in [3.63, 3.8) is 0 Å². The molecule has 1 aliphatic heterocycles. The van der Waals surface area contributed by atoms with Gasteiger partial charge >= 0.3 is 6.03 Å². The Kier molecular flexibility index (Phi) is 3.80. The van der Waals surface area contributed by atoms with E-state index >= 15 is 0 Å². The first-order chi connectivity index (χ1) is 6.57. The smallest absolute Gasteiger partial charge is 0.325 e. The molecule has 4 nitrogen and oxygen atoms in total. The molecule has 0 aromatic rings. The predicted octanol–water partition coefficient (Wildman–Crippen LogP) is 1.07. The van der Waals surface area contributed by atoms with Crippen LogP contribution in [0.2, 0.25) is 0 Å². The Bertz CT molecular complexity index is 243. The van der Waals surface area contributed by atoms with Crippen molar-refractivity contribution in [1.82, 2.24) is 10.2 Å². The number of hydrogen-bond donors (Lipinski definition) is 1. The summed E-state index contributed by atoms with van der Waals surface area (Å²) >= 11 is 1.68. The summed E-state index contributed by atoms with van der Waals surface area (Å²) in [5, 5.41) is 2.69. The Balaban J connectivity index is 2.60. The molecule has 0 saturated carbocycles. The molecule has 0 unspecified atom stereocenters. The number of imide groups is 1. The molecule has 3 amide bonds. The maximum atomic E-state index is 11.7. The van der Waals surface area contributed by atoms with Crippen LogP contribution >= 0.6 is 11.8 Å². The van der Waals surface area contributed by atoms with E-state index in [2.05, 4.69) is 5.32 Å².